The number of carbonyl (C=O) groups is 2. The van der Waals surface area contributed by atoms with Crippen LogP contribution >= 0.6 is 0 Å². The van der Waals surface area contributed by atoms with Crippen molar-refractivity contribution in [3.8, 4) is 0 Å². The van der Waals surface area contributed by atoms with Crippen LogP contribution in [0.25, 0.3) is 0 Å². The summed E-state index contributed by atoms with van der Waals surface area (Å²) in [5.74, 6) is 9.33. The zero-order valence-electron chi connectivity index (χ0n) is 15.9. The highest BCUT2D eigenvalue weighted by atomic mass is 32.3. The molecule has 0 aromatic heterocycles. The van der Waals surface area contributed by atoms with E-state index in [2.05, 4.69) is 0 Å². The van der Waals surface area contributed by atoms with Crippen LogP contribution < -0.4 is 44.8 Å². The van der Waals surface area contributed by atoms with Crippen molar-refractivity contribution in [2.45, 2.75) is 0 Å². The van der Waals surface area contributed by atoms with Gasteiger partial charge in [0.05, 0.1) is 22.3 Å². The van der Waals surface area contributed by atoms with Crippen LogP contribution in [-0.4, -0.2) is 41.0 Å². The van der Waals surface area contributed by atoms with E-state index in [1.807, 2.05) is 10.9 Å². The van der Waals surface area contributed by atoms with E-state index in [9.17, 15) is 9.59 Å². The average molecular weight is 454 g/mol. The third-order valence-electron chi connectivity index (χ3n) is 3.23. The van der Waals surface area contributed by atoms with E-state index < -0.39 is 22.2 Å². The summed E-state index contributed by atoms with van der Waals surface area (Å²) >= 11 is 0. The van der Waals surface area contributed by atoms with Crippen LogP contribution in [0.4, 0.5) is 0 Å². The lowest BCUT2D eigenvalue weighted by Gasteiger charge is -2.06. The summed E-state index contributed by atoms with van der Waals surface area (Å²) in [5, 5.41) is 10.8. The maximum absolute atomic E-state index is 11.2. The maximum atomic E-state index is 11.2. The highest BCUT2D eigenvalue weighted by molar-refractivity contribution is 7.79. The van der Waals surface area contributed by atoms with Crippen molar-refractivity contribution >= 4 is 33.9 Å². The van der Waals surface area contributed by atoms with Gasteiger partial charge in [0.15, 0.2) is 0 Å². The highest BCUT2D eigenvalue weighted by Gasteiger charge is 2.14. The van der Waals surface area contributed by atoms with Crippen molar-refractivity contribution in [3.05, 3.63) is 70.8 Å². The number of hydrazine groups is 2. The van der Waals surface area contributed by atoms with E-state index in [-0.39, 0.29) is 11.7 Å². The number of carbonyl (C=O) groups excluding carboxylic acids is 2. The SMILES string of the molecule is NNC(=O)c1ccccc1C(N)=[NH2+].NNC(=O)c1ccccc1C(N)=[NH2+].O=S(=O)([O-])[O-]. The fourth-order valence-corrected chi connectivity index (χ4v) is 2.02. The van der Waals surface area contributed by atoms with Crippen molar-refractivity contribution in [3.63, 3.8) is 0 Å². The molecule has 2 aromatic rings. The van der Waals surface area contributed by atoms with Gasteiger partial charge in [0, 0.05) is 10.4 Å². The van der Waals surface area contributed by atoms with Crippen LogP contribution in [0.5, 0.6) is 0 Å². The van der Waals surface area contributed by atoms with Crippen LogP contribution in [0.15, 0.2) is 48.5 Å². The fraction of sp³-hybridized carbons (Fsp3) is 0. The molecule has 2 aromatic carbocycles. The van der Waals surface area contributed by atoms with E-state index >= 15 is 0 Å². The molecule has 0 radical (unpaired) electrons. The smallest absolute Gasteiger partial charge is 0.271 e. The lowest BCUT2D eigenvalue weighted by Crippen LogP contribution is -2.47. The predicted molar refractivity (Wildman–Crippen MR) is 107 cm³/mol. The summed E-state index contributed by atoms with van der Waals surface area (Å²) in [7, 11) is -5.17. The third-order valence-corrected chi connectivity index (χ3v) is 3.23. The van der Waals surface area contributed by atoms with Gasteiger partial charge in [-0.3, -0.25) is 51.1 Å². The first-order valence-corrected chi connectivity index (χ1v) is 9.29. The zero-order valence-corrected chi connectivity index (χ0v) is 16.8. The lowest BCUT2D eigenvalue weighted by atomic mass is 10.1. The van der Waals surface area contributed by atoms with E-state index in [1.165, 1.54) is 0 Å². The average Bonchev–Trinajstić information content (AvgIpc) is 2.71. The topological polar surface area (TPSA) is 294 Å². The van der Waals surface area contributed by atoms with Gasteiger partial charge in [-0.15, -0.1) is 0 Å². The minimum atomic E-state index is -5.17. The third kappa shape index (κ3) is 10.5. The summed E-state index contributed by atoms with van der Waals surface area (Å²) in [6.45, 7) is 0. The predicted octanol–water partition coefficient (Wildman–Crippen LogP) is -5.83. The van der Waals surface area contributed by atoms with Crippen LogP contribution in [0.2, 0.25) is 0 Å². The molecule has 2 rings (SSSR count). The molecule has 2 amide bonds. The first kappa shape index (κ1) is 27.1. The van der Waals surface area contributed by atoms with E-state index in [0.29, 0.717) is 22.3 Å². The minimum Gasteiger partial charge on any atom is -0.759 e. The first-order chi connectivity index (χ1) is 14.3. The Bertz CT molecular complexity index is 980. The van der Waals surface area contributed by atoms with Gasteiger partial charge in [0.25, 0.3) is 23.5 Å². The van der Waals surface area contributed by atoms with Gasteiger partial charge in [-0.05, 0) is 24.3 Å². The summed E-state index contributed by atoms with van der Waals surface area (Å²) in [4.78, 5) is 22.4. The molecule has 15 heteroatoms. The van der Waals surface area contributed by atoms with Gasteiger partial charge in [0.2, 0.25) is 0 Å². The largest absolute Gasteiger partial charge is 0.759 e. The highest BCUT2D eigenvalue weighted by Crippen LogP contribution is 2.06. The van der Waals surface area contributed by atoms with Crippen LogP contribution in [0, 0.1) is 0 Å². The van der Waals surface area contributed by atoms with Gasteiger partial charge in [-0.25, -0.2) is 11.7 Å². The molecule has 0 aliphatic carbocycles. The quantitative estimate of drug-likeness (QED) is 0.0411. The Balaban J connectivity index is 0.000000479. The Labute approximate surface area is 177 Å². The molecule has 0 aliphatic heterocycles. The van der Waals surface area contributed by atoms with E-state index in [4.69, 9.17) is 51.5 Å². The number of nitrogen functional groups attached to an aromatic ring is 2. The Morgan fingerprint density at radius 3 is 1.13 bits per heavy atom. The Hall–Kier alpha value is -3.89. The molecule has 31 heavy (non-hydrogen) atoms. The zero-order chi connectivity index (χ0) is 24.2. The Morgan fingerprint density at radius 1 is 0.710 bits per heavy atom. The molecule has 0 fully saturated rings. The van der Waals surface area contributed by atoms with Gasteiger partial charge >= 0.3 is 0 Å². The second-order valence-electron chi connectivity index (χ2n) is 5.36. The summed E-state index contributed by atoms with van der Waals surface area (Å²) in [6.07, 6.45) is 0. The summed E-state index contributed by atoms with van der Waals surface area (Å²) in [5.41, 5.74) is 16.5. The molecule has 0 spiro atoms. The van der Waals surface area contributed by atoms with Crippen molar-refractivity contribution in [1.82, 2.24) is 10.9 Å². The van der Waals surface area contributed by atoms with Crippen LogP contribution in [-0.2, 0) is 10.4 Å². The molecule has 14 N–H and O–H groups in total. The molecule has 0 atom stereocenters. The van der Waals surface area contributed by atoms with Crippen molar-refractivity contribution < 1.29 is 37.9 Å². The van der Waals surface area contributed by atoms with Gasteiger partial charge in [-0.2, -0.15) is 0 Å². The molecule has 0 aliphatic rings. The van der Waals surface area contributed by atoms with Crippen LogP contribution in [0.3, 0.4) is 0 Å². The number of amides is 2. The second kappa shape index (κ2) is 12.6. The fourth-order valence-electron chi connectivity index (χ4n) is 2.02. The lowest BCUT2D eigenvalue weighted by molar-refractivity contribution is -0.115. The van der Waals surface area contributed by atoms with E-state index in [1.54, 1.807) is 48.5 Å². The molecule has 168 valence electrons. The molecular weight excluding hydrogens is 432 g/mol. The molecule has 0 bridgehead atoms. The number of amidine groups is 2. The molecule has 0 heterocycles. The number of nitrogens with two attached hydrogens (primary N) is 6. The second-order valence-corrected chi connectivity index (χ2v) is 6.17. The molecule has 0 saturated carbocycles. The molecule has 0 unspecified atom stereocenters. The number of rotatable bonds is 4. The monoisotopic (exact) mass is 454 g/mol. The van der Waals surface area contributed by atoms with Crippen molar-refractivity contribution in [2.24, 2.45) is 23.2 Å². The Morgan fingerprint density at radius 2 is 0.935 bits per heavy atom. The number of hydrogen-bond donors (Lipinski definition) is 8. The van der Waals surface area contributed by atoms with Gasteiger partial charge in [0.1, 0.15) is 0 Å². The summed E-state index contributed by atoms with van der Waals surface area (Å²) in [6, 6.07) is 13.4. The maximum Gasteiger partial charge on any atom is 0.271 e. The minimum absolute atomic E-state index is 0.0965. The van der Waals surface area contributed by atoms with E-state index in [0.717, 1.165) is 0 Å². The first-order valence-electron chi connectivity index (χ1n) is 7.96. The number of hydrogen-bond acceptors (Lipinski definition) is 8. The molecule has 0 saturated heterocycles. The Kier molecular flexibility index (Phi) is 11.0. The normalized spacial score (nSPS) is 9.68. The molecule has 14 nitrogen and oxygen atoms in total. The van der Waals surface area contributed by atoms with Crippen molar-refractivity contribution in [1.29, 1.82) is 0 Å². The molecular formula is C16H22N8O6S. The number of nitrogens with one attached hydrogen (secondary N) is 2. The summed E-state index contributed by atoms with van der Waals surface area (Å²) < 4.78 is 34.1. The van der Waals surface area contributed by atoms with Crippen LogP contribution in [0.1, 0.15) is 31.8 Å². The standard InChI is InChI=1S/2C8H10N4O.H2O4S/c2*9-7(10)5-3-1-2-4-6(5)8(13)12-11;1-5(2,3)4/h2*1-4H,11H2,(H3,9,10)(H,12,13);(H2,1,2,3,4). The number of benzene rings is 2. The van der Waals surface area contributed by atoms with Crippen molar-refractivity contribution in [2.75, 3.05) is 0 Å². The van der Waals surface area contributed by atoms with Gasteiger partial charge in [-0.1, -0.05) is 24.3 Å². The van der Waals surface area contributed by atoms with Gasteiger partial charge < -0.3 is 9.11 Å².